The first-order valence-electron chi connectivity index (χ1n) is 7.72. The maximum Gasteiger partial charge on any atom is 0.310 e. The molecule has 23 heavy (non-hydrogen) atoms. The monoisotopic (exact) mass is 321 g/mol. The first-order chi connectivity index (χ1) is 11.0. The lowest BCUT2D eigenvalue weighted by Gasteiger charge is -2.36. The standard InChI is InChI=1S/C17H23NO5/c1-22-13-5-4-12(10-14(13)23-2)6-9-18-15(19)11-17(16(20)21)7-3-8-17/h4-5,10H,3,6-9,11H2,1-2H3,(H,18,19)(H,20,21). The van der Waals surface area contributed by atoms with Crippen molar-refractivity contribution in [2.75, 3.05) is 20.8 Å². The van der Waals surface area contributed by atoms with Gasteiger partial charge >= 0.3 is 5.97 Å². The van der Waals surface area contributed by atoms with Crippen LogP contribution >= 0.6 is 0 Å². The molecule has 6 nitrogen and oxygen atoms in total. The van der Waals surface area contributed by atoms with Crippen molar-refractivity contribution in [2.45, 2.75) is 32.1 Å². The fourth-order valence-corrected chi connectivity index (χ4v) is 2.82. The molecule has 0 saturated heterocycles. The van der Waals surface area contributed by atoms with Gasteiger partial charge in [0.25, 0.3) is 0 Å². The number of nitrogens with one attached hydrogen (secondary N) is 1. The van der Waals surface area contributed by atoms with Crippen LogP contribution in [-0.2, 0) is 16.0 Å². The molecule has 1 aromatic rings. The summed E-state index contributed by atoms with van der Waals surface area (Å²) in [6.07, 6.45) is 2.77. The predicted molar refractivity (Wildman–Crippen MR) is 84.8 cm³/mol. The predicted octanol–water partition coefficient (Wildman–Crippen LogP) is 2.01. The summed E-state index contributed by atoms with van der Waals surface area (Å²) in [5.74, 6) is 0.246. The summed E-state index contributed by atoms with van der Waals surface area (Å²) in [7, 11) is 3.16. The van der Waals surface area contributed by atoms with Crippen LogP contribution in [0.1, 0.15) is 31.2 Å². The first kappa shape index (κ1) is 17.1. The number of carboxylic acids is 1. The fraction of sp³-hybridized carbons (Fsp3) is 0.529. The topological polar surface area (TPSA) is 84.9 Å². The Morgan fingerprint density at radius 2 is 1.91 bits per heavy atom. The highest BCUT2D eigenvalue weighted by molar-refractivity contribution is 5.85. The van der Waals surface area contributed by atoms with E-state index in [9.17, 15) is 14.7 Å². The second-order valence-electron chi connectivity index (χ2n) is 5.91. The second-order valence-corrected chi connectivity index (χ2v) is 5.91. The number of carboxylic acid groups (broad SMARTS) is 1. The van der Waals surface area contributed by atoms with Gasteiger partial charge in [-0.3, -0.25) is 9.59 Å². The van der Waals surface area contributed by atoms with E-state index in [4.69, 9.17) is 9.47 Å². The molecule has 0 unspecified atom stereocenters. The lowest BCUT2D eigenvalue weighted by atomic mass is 9.66. The van der Waals surface area contributed by atoms with Crippen LogP contribution in [0.3, 0.4) is 0 Å². The average Bonchev–Trinajstić information content (AvgIpc) is 2.50. The molecule has 0 atom stereocenters. The molecule has 2 N–H and O–H groups in total. The molecule has 1 aliphatic carbocycles. The van der Waals surface area contributed by atoms with E-state index < -0.39 is 11.4 Å². The minimum atomic E-state index is -0.862. The van der Waals surface area contributed by atoms with Crippen LogP contribution in [0.15, 0.2) is 18.2 Å². The summed E-state index contributed by atoms with van der Waals surface area (Å²) in [5.41, 5.74) is 0.174. The van der Waals surface area contributed by atoms with Crippen LogP contribution in [0.25, 0.3) is 0 Å². The third-order valence-corrected chi connectivity index (χ3v) is 4.45. The minimum Gasteiger partial charge on any atom is -0.493 e. The molecule has 0 bridgehead atoms. The SMILES string of the molecule is COc1ccc(CCNC(=O)CC2(C(=O)O)CCC2)cc1OC. The smallest absolute Gasteiger partial charge is 0.310 e. The van der Waals surface area contributed by atoms with Crippen molar-refractivity contribution in [1.29, 1.82) is 0 Å². The number of rotatable bonds is 8. The van der Waals surface area contributed by atoms with Crippen molar-refractivity contribution in [1.82, 2.24) is 5.32 Å². The van der Waals surface area contributed by atoms with E-state index in [1.165, 1.54) is 0 Å². The molecule has 0 radical (unpaired) electrons. The fourth-order valence-electron chi connectivity index (χ4n) is 2.82. The molecule has 1 aromatic carbocycles. The zero-order valence-electron chi connectivity index (χ0n) is 13.6. The number of hydrogen-bond acceptors (Lipinski definition) is 4. The third kappa shape index (κ3) is 3.94. The number of carbonyl (C=O) groups is 2. The Morgan fingerprint density at radius 3 is 2.43 bits per heavy atom. The van der Waals surface area contributed by atoms with Crippen LogP contribution in [0.5, 0.6) is 11.5 Å². The highest BCUT2D eigenvalue weighted by atomic mass is 16.5. The number of ether oxygens (including phenoxy) is 2. The summed E-state index contributed by atoms with van der Waals surface area (Å²) in [6, 6.07) is 5.61. The van der Waals surface area contributed by atoms with Gasteiger partial charge in [0.1, 0.15) is 0 Å². The van der Waals surface area contributed by atoms with E-state index in [1.807, 2.05) is 18.2 Å². The van der Waals surface area contributed by atoms with Gasteiger partial charge in [-0.25, -0.2) is 0 Å². The van der Waals surface area contributed by atoms with E-state index in [0.717, 1.165) is 12.0 Å². The molecule has 1 saturated carbocycles. The summed E-state index contributed by atoms with van der Waals surface area (Å²) in [6.45, 7) is 0.462. The van der Waals surface area contributed by atoms with E-state index >= 15 is 0 Å². The Morgan fingerprint density at radius 1 is 1.22 bits per heavy atom. The molecule has 2 rings (SSSR count). The summed E-state index contributed by atoms with van der Waals surface area (Å²) >= 11 is 0. The Hall–Kier alpha value is -2.24. The number of carbonyl (C=O) groups excluding carboxylic acids is 1. The molecule has 126 valence electrons. The molecule has 0 aromatic heterocycles. The Labute approximate surface area is 135 Å². The molecule has 0 aliphatic heterocycles. The molecule has 1 aliphatic rings. The number of methoxy groups -OCH3 is 2. The summed E-state index contributed by atoms with van der Waals surface area (Å²) in [4.78, 5) is 23.2. The zero-order valence-corrected chi connectivity index (χ0v) is 13.6. The lowest BCUT2D eigenvalue weighted by molar-refractivity contribution is -0.157. The molecule has 0 spiro atoms. The van der Waals surface area contributed by atoms with Crippen molar-refractivity contribution < 1.29 is 24.2 Å². The second kappa shape index (κ2) is 7.35. The van der Waals surface area contributed by atoms with Crippen LogP contribution in [0.2, 0.25) is 0 Å². The Balaban J connectivity index is 1.83. The number of amides is 1. The van der Waals surface area contributed by atoms with E-state index in [1.54, 1.807) is 14.2 Å². The molecule has 6 heteroatoms. The highest BCUT2D eigenvalue weighted by Crippen LogP contribution is 2.44. The number of aliphatic carboxylic acids is 1. The largest absolute Gasteiger partial charge is 0.493 e. The molecular formula is C17H23NO5. The Bertz CT molecular complexity index is 580. The van der Waals surface area contributed by atoms with Crippen LogP contribution in [0.4, 0.5) is 0 Å². The quantitative estimate of drug-likeness (QED) is 0.765. The van der Waals surface area contributed by atoms with E-state index in [0.29, 0.717) is 37.3 Å². The van der Waals surface area contributed by atoms with Gasteiger partial charge in [0.2, 0.25) is 5.91 Å². The van der Waals surface area contributed by atoms with Gasteiger partial charge in [0, 0.05) is 13.0 Å². The molecule has 1 amide bonds. The Kier molecular flexibility index (Phi) is 5.47. The molecular weight excluding hydrogens is 298 g/mol. The first-order valence-corrected chi connectivity index (χ1v) is 7.72. The van der Waals surface area contributed by atoms with E-state index in [2.05, 4.69) is 5.32 Å². The van der Waals surface area contributed by atoms with Crippen molar-refractivity contribution in [3.63, 3.8) is 0 Å². The van der Waals surface area contributed by atoms with Gasteiger partial charge in [-0.15, -0.1) is 0 Å². The van der Waals surface area contributed by atoms with Gasteiger partial charge < -0.3 is 19.9 Å². The van der Waals surface area contributed by atoms with Gasteiger partial charge in [0.15, 0.2) is 11.5 Å². The zero-order chi connectivity index (χ0) is 16.9. The minimum absolute atomic E-state index is 0.0638. The number of benzene rings is 1. The number of hydrogen-bond donors (Lipinski definition) is 2. The summed E-state index contributed by atoms with van der Waals surface area (Å²) in [5, 5.41) is 12.0. The van der Waals surface area contributed by atoms with Crippen molar-refractivity contribution in [3.8, 4) is 11.5 Å². The normalized spacial score (nSPS) is 15.4. The van der Waals surface area contributed by atoms with Gasteiger partial charge in [-0.05, 0) is 37.0 Å². The van der Waals surface area contributed by atoms with Crippen LogP contribution in [0, 0.1) is 5.41 Å². The van der Waals surface area contributed by atoms with Gasteiger partial charge in [-0.1, -0.05) is 12.5 Å². The highest BCUT2D eigenvalue weighted by Gasteiger charge is 2.45. The molecule has 1 fully saturated rings. The molecule has 0 heterocycles. The average molecular weight is 321 g/mol. The van der Waals surface area contributed by atoms with E-state index in [-0.39, 0.29) is 12.3 Å². The lowest BCUT2D eigenvalue weighted by Crippen LogP contribution is -2.42. The third-order valence-electron chi connectivity index (χ3n) is 4.45. The van der Waals surface area contributed by atoms with Crippen molar-refractivity contribution >= 4 is 11.9 Å². The maximum absolute atomic E-state index is 12.0. The van der Waals surface area contributed by atoms with Gasteiger partial charge in [-0.2, -0.15) is 0 Å². The maximum atomic E-state index is 12.0. The van der Waals surface area contributed by atoms with Crippen molar-refractivity contribution in [3.05, 3.63) is 23.8 Å². The van der Waals surface area contributed by atoms with Crippen LogP contribution < -0.4 is 14.8 Å². The van der Waals surface area contributed by atoms with Crippen molar-refractivity contribution in [2.24, 2.45) is 5.41 Å². The van der Waals surface area contributed by atoms with Gasteiger partial charge in [0.05, 0.1) is 19.6 Å². The van der Waals surface area contributed by atoms with Crippen LogP contribution in [-0.4, -0.2) is 37.7 Å². The summed E-state index contributed by atoms with van der Waals surface area (Å²) < 4.78 is 10.4.